The third-order valence-electron chi connectivity index (χ3n) is 4.92. The number of esters is 1. The maximum atomic E-state index is 12.8. The number of carbonyl (C=O) groups is 2. The highest BCUT2D eigenvalue weighted by molar-refractivity contribution is 7.21. The van der Waals surface area contributed by atoms with Gasteiger partial charge in [0.15, 0.2) is 11.5 Å². The van der Waals surface area contributed by atoms with Crippen molar-refractivity contribution in [2.75, 3.05) is 13.7 Å². The fraction of sp³-hybridized carbons (Fsp3) is 0.115. The lowest BCUT2D eigenvalue weighted by atomic mass is 10.2. The smallest absolute Gasteiger partial charge is 0.355 e. The van der Waals surface area contributed by atoms with E-state index in [2.05, 4.69) is 10.5 Å². The molecule has 0 radical (unpaired) electrons. The van der Waals surface area contributed by atoms with Crippen LogP contribution in [0.5, 0.6) is 17.2 Å². The quantitative estimate of drug-likeness (QED) is 0.138. The van der Waals surface area contributed by atoms with E-state index in [1.165, 1.54) is 24.7 Å². The number of fused-ring (bicyclic) bond motifs is 1. The maximum absolute atomic E-state index is 12.8. The number of hydrazone groups is 1. The summed E-state index contributed by atoms with van der Waals surface area (Å²) in [7, 11) is 1.47. The molecule has 4 aromatic rings. The molecule has 0 aliphatic heterocycles. The Labute approximate surface area is 210 Å². The second kappa shape index (κ2) is 11.0. The van der Waals surface area contributed by atoms with Crippen molar-refractivity contribution in [3.05, 3.63) is 87.8 Å². The number of amides is 1. The van der Waals surface area contributed by atoms with Crippen LogP contribution in [0.4, 0.5) is 0 Å². The number of rotatable bonds is 8. The van der Waals surface area contributed by atoms with Crippen molar-refractivity contribution in [2.24, 2.45) is 5.10 Å². The van der Waals surface area contributed by atoms with Crippen LogP contribution in [-0.2, 0) is 0 Å². The number of thiophene rings is 1. The summed E-state index contributed by atoms with van der Waals surface area (Å²) >= 11 is 7.65. The first-order chi connectivity index (χ1) is 17.0. The molecule has 0 spiro atoms. The molecule has 1 aromatic heterocycles. The number of nitrogens with zero attached hydrogens (tertiary/aromatic N) is 1. The average Bonchev–Trinajstić information content (AvgIpc) is 3.22. The molecule has 0 atom stereocenters. The number of carbonyl (C=O) groups excluding carboxylic acids is 2. The number of nitrogens with one attached hydrogen (secondary N) is 1. The molecule has 0 saturated carbocycles. The van der Waals surface area contributed by atoms with Crippen molar-refractivity contribution in [1.82, 2.24) is 5.43 Å². The molecule has 0 aliphatic rings. The maximum Gasteiger partial charge on any atom is 0.355 e. The summed E-state index contributed by atoms with van der Waals surface area (Å²) in [6.07, 6.45) is 1.46. The van der Waals surface area contributed by atoms with Gasteiger partial charge in [-0.25, -0.2) is 10.2 Å². The van der Waals surface area contributed by atoms with E-state index in [4.69, 9.17) is 25.8 Å². The van der Waals surface area contributed by atoms with Crippen LogP contribution in [0, 0.1) is 0 Å². The van der Waals surface area contributed by atoms with Gasteiger partial charge in [-0.15, -0.1) is 11.3 Å². The monoisotopic (exact) mass is 508 g/mol. The molecule has 35 heavy (non-hydrogen) atoms. The molecule has 7 nitrogen and oxygen atoms in total. The van der Waals surface area contributed by atoms with E-state index in [0.29, 0.717) is 39.1 Å². The molecular formula is C26H21ClN2O5S. The number of hydrogen-bond donors (Lipinski definition) is 1. The Morgan fingerprint density at radius 3 is 2.54 bits per heavy atom. The van der Waals surface area contributed by atoms with Crippen LogP contribution in [-0.4, -0.2) is 31.8 Å². The van der Waals surface area contributed by atoms with Crippen LogP contribution in [0.3, 0.4) is 0 Å². The molecule has 1 heterocycles. The normalized spacial score (nSPS) is 10.9. The first-order valence-corrected chi connectivity index (χ1v) is 11.8. The van der Waals surface area contributed by atoms with Gasteiger partial charge < -0.3 is 14.2 Å². The summed E-state index contributed by atoms with van der Waals surface area (Å²) in [6.45, 7) is 2.44. The van der Waals surface area contributed by atoms with Gasteiger partial charge in [0.1, 0.15) is 10.6 Å². The molecule has 1 amide bonds. The molecule has 0 bridgehead atoms. The number of hydrogen-bond acceptors (Lipinski definition) is 7. The third-order valence-corrected chi connectivity index (χ3v) is 6.57. The molecule has 9 heteroatoms. The fourth-order valence-corrected chi connectivity index (χ4v) is 4.62. The first-order valence-electron chi connectivity index (χ1n) is 10.6. The summed E-state index contributed by atoms with van der Waals surface area (Å²) in [4.78, 5) is 25.4. The molecule has 0 fully saturated rings. The van der Waals surface area contributed by atoms with Crippen molar-refractivity contribution < 1.29 is 23.8 Å². The Kier molecular flexibility index (Phi) is 7.64. The summed E-state index contributed by atoms with van der Waals surface area (Å²) < 4.78 is 17.2. The third kappa shape index (κ3) is 5.62. The van der Waals surface area contributed by atoms with E-state index >= 15 is 0 Å². The average molecular weight is 509 g/mol. The van der Waals surface area contributed by atoms with Gasteiger partial charge in [-0.2, -0.15) is 5.10 Å². The highest BCUT2D eigenvalue weighted by Gasteiger charge is 2.20. The van der Waals surface area contributed by atoms with Crippen LogP contribution in [0.1, 0.15) is 32.5 Å². The van der Waals surface area contributed by atoms with Gasteiger partial charge in [0, 0.05) is 15.6 Å². The van der Waals surface area contributed by atoms with Gasteiger partial charge in [-0.3, -0.25) is 4.79 Å². The molecule has 0 saturated heterocycles. The molecule has 3 aromatic carbocycles. The van der Waals surface area contributed by atoms with Gasteiger partial charge >= 0.3 is 5.97 Å². The molecule has 0 unspecified atom stereocenters. The largest absolute Gasteiger partial charge is 0.494 e. The van der Waals surface area contributed by atoms with E-state index in [-0.39, 0.29) is 11.7 Å². The Morgan fingerprint density at radius 2 is 1.83 bits per heavy atom. The van der Waals surface area contributed by atoms with E-state index in [1.807, 2.05) is 31.2 Å². The van der Waals surface area contributed by atoms with Crippen LogP contribution >= 0.6 is 22.9 Å². The van der Waals surface area contributed by atoms with Crippen molar-refractivity contribution >= 4 is 51.1 Å². The summed E-state index contributed by atoms with van der Waals surface area (Å²) in [5.74, 6) is 0.328. The van der Waals surface area contributed by atoms with Crippen LogP contribution < -0.4 is 19.6 Å². The predicted molar refractivity (Wildman–Crippen MR) is 137 cm³/mol. The number of halogens is 1. The van der Waals surface area contributed by atoms with Crippen LogP contribution in [0.2, 0.25) is 5.02 Å². The lowest BCUT2D eigenvalue weighted by Crippen LogP contribution is -2.17. The Bertz CT molecular complexity index is 1400. The van der Waals surface area contributed by atoms with Crippen molar-refractivity contribution in [3.8, 4) is 17.2 Å². The first kappa shape index (κ1) is 24.3. The van der Waals surface area contributed by atoms with E-state index in [0.717, 1.165) is 10.1 Å². The number of methoxy groups -OCH3 is 1. The van der Waals surface area contributed by atoms with E-state index < -0.39 is 5.97 Å². The SMILES string of the molecule is CCOc1ccc(C(=O)N/N=C/c2ccc(OC(=O)c3sc4ccccc4c3Cl)c(OC)c2)cc1. The van der Waals surface area contributed by atoms with Gasteiger partial charge in [0.2, 0.25) is 0 Å². The standard InChI is InChI=1S/C26H21ClN2O5S/c1-3-33-18-11-9-17(10-12-18)25(30)29-28-15-16-8-13-20(21(14-16)32-2)34-26(31)24-23(27)19-6-4-5-7-22(19)35-24/h4-15H,3H2,1-2H3,(H,29,30)/b28-15+. The molecule has 1 N–H and O–H groups in total. The minimum absolute atomic E-state index is 0.238. The van der Waals surface area contributed by atoms with Crippen LogP contribution in [0.15, 0.2) is 71.8 Å². The van der Waals surface area contributed by atoms with Gasteiger partial charge in [0.05, 0.1) is 25.0 Å². The Hall–Kier alpha value is -3.88. The fourth-order valence-electron chi connectivity index (χ4n) is 3.24. The zero-order valence-corrected chi connectivity index (χ0v) is 20.5. The number of ether oxygens (including phenoxy) is 3. The van der Waals surface area contributed by atoms with Gasteiger partial charge in [-0.05, 0) is 61.0 Å². The predicted octanol–water partition coefficient (Wildman–Crippen LogP) is 5.95. The van der Waals surface area contributed by atoms with Crippen molar-refractivity contribution in [1.29, 1.82) is 0 Å². The lowest BCUT2D eigenvalue weighted by Gasteiger charge is -2.09. The molecule has 0 aliphatic carbocycles. The Balaban J connectivity index is 1.43. The van der Waals surface area contributed by atoms with E-state index in [1.54, 1.807) is 42.5 Å². The minimum atomic E-state index is -0.571. The van der Waals surface area contributed by atoms with E-state index in [9.17, 15) is 9.59 Å². The molecule has 4 rings (SSSR count). The molecule has 178 valence electrons. The highest BCUT2D eigenvalue weighted by atomic mass is 35.5. The van der Waals surface area contributed by atoms with Crippen molar-refractivity contribution in [2.45, 2.75) is 6.92 Å². The summed E-state index contributed by atoms with van der Waals surface area (Å²) in [5.41, 5.74) is 3.56. The second-order valence-electron chi connectivity index (χ2n) is 7.20. The van der Waals surface area contributed by atoms with Gasteiger partial charge in [0.25, 0.3) is 5.91 Å². The molecular weight excluding hydrogens is 488 g/mol. The zero-order valence-electron chi connectivity index (χ0n) is 18.9. The summed E-state index contributed by atoms with van der Waals surface area (Å²) in [5, 5.41) is 5.16. The van der Waals surface area contributed by atoms with Crippen LogP contribution in [0.25, 0.3) is 10.1 Å². The number of benzene rings is 3. The lowest BCUT2D eigenvalue weighted by molar-refractivity contribution is 0.0734. The highest BCUT2D eigenvalue weighted by Crippen LogP contribution is 2.37. The zero-order chi connectivity index (χ0) is 24.8. The van der Waals surface area contributed by atoms with Crippen molar-refractivity contribution in [3.63, 3.8) is 0 Å². The second-order valence-corrected chi connectivity index (χ2v) is 8.63. The van der Waals surface area contributed by atoms with Gasteiger partial charge in [-0.1, -0.05) is 29.8 Å². The Morgan fingerprint density at radius 1 is 1.06 bits per heavy atom. The minimum Gasteiger partial charge on any atom is -0.494 e. The topological polar surface area (TPSA) is 86.2 Å². The summed E-state index contributed by atoms with van der Waals surface area (Å²) in [6, 6.07) is 19.2.